The van der Waals surface area contributed by atoms with Crippen LogP contribution in [-0.2, 0) is 9.59 Å². The number of para-hydroxylation sites is 3. The zero-order valence-corrected chi connectivity index (χ0v) is 18.8. The van der Waals surface area contributed by atoms with Crippen LogP contribution in [0.25, 0.3) is 10.2 Å². The highest BCUT2D eigenvalue weighted by atomic mass is 32.1. The molecule has 5 rings (SSSR count). The van der Waals surface area contributed by atoms with E-state index in [4.69, 9.17) is 9.72 Å². The van der Waals surface area contributed by atoms with Crippen LogP contribution >= 0.6 is 11.3 Å². The van der Waals surface area contributed by atoms with Crippen molar-refractivity contribution in [1.82, 2.24) is 15.2 Å². The third-order valence-electron chi connectivity index (χ3n) is 6.23. The second kappa shape index (κ2) is 8.78. The first-order valence-electron chi connectivity index (χ1n) is 11.0. The summed E-state index contributed by atoms with van der Waals surface area (Å²) < 4.78 is 7.07. The molecule has 2 aliphatic heterocycles. The van der Waals surface area contributed by atoms with Gasteiger partial charge in [0.15, 0.2) is 6.10 Å². The molecule has 32 heavy (non-hydrogen) atoms. The van der Waals surface area contributed by atoms with Gasteiger partial charge in [-0.1, -0.05) is 24.3 Å². The minimum atomic E-state index is -0.632. The lowest BCUT2D eigenvalue weighted by Crippen LogP contribution is -2.51. The third kappa shape index (κ3) is 4.02. The number of hydrogen-bond acceptors (Lipinski definition) is 6. The second-order valence-corrected chi connectivity index (χ2v) is 9.31. The van der Waals surface area contributed by atoms with Gasteiger partial charge < -0.3 is 19.9 Å². The summed E-state index contributed by atoms with van der Waals surface area (Å²) in [5.41, 5.74) is 1.91. The minimum absolute atomic E-state index is 0.0834. The van der Waals surface area contributed by atoms with Crippen molar-refractivity contribution in [2.75, 3.05) is 38.1 Å². The summed E-state index contributed by atoms with van der Waals surface area (Å²) in [6, 6.07) is 15.8. The second-order valence-electron chi connectivity index (χ2n) is 8.24. The first-order valence-corrected chi connectivity index (χ1v) is 11.8. The molecule has 7 nitrogen and oxygen atoms in total. The summed E-state index contributed by atoms with van der Waals surface area (Å²) in [5, 5.41) is 3.82. The number of anilines is 1. The van der Waals surface area contributed by atoms with Gasteiger partial charge in [0.25, 0.3) is 5.91 Å². The van der Waals surface area contributed by atoms with Gasteiger partial charge in [-0.2, -0.15) is 0 Å². The van der Waals surface area contributed by atoms with Crippen molar-refractivity contribution in [3.63, 3.8) is 0 Å². The predicted octanol–water partition coefficient (Wildman–Crippen LogP) is 3.02. The number of fused-ring (bicyclic) bond motifs is 2. The van der Waals surface area contributed by atoms with Crippen LogP contribution in [0, 0.1) is 0 Å². The molecule has 166 valence electrons. The molecule has 8 heteroatoms. The van der Waals surface area contributed by atoms with Crippen molar-refractivity contribution >= 4 is 39.1 Å². The summed E-state index contributed by atoms with van der Waals surface area (Å²) in [5.74, 6) is 0.932. The molecule has 3 aromatic rings. The Morgan fingerprint density at radius 1 is 1.12 bits per heavy atom. The number of nitrogens with one attached hydrogen (secondary N) is 1. The largest absolute Gasteiger partial charge is 0.477 e. The van der Waals surface area contributed by atoms with Crippen LogP contribution in [0.2, 0.25) is 0 Å². The lowest BCUT2D eigenvalue weighted by Gasteiger charge is -2.37. The number of likely N-dealkylation sites (tertiary alicyclic amines) is 1. The third-order valence-corrected chi connectivity index (χ3v) is 7.43. The van der Waals surface area contributed by atoms with Crippen molar-refractivity contribution in [2.24, 2.45) is 0 Å². The molecule has 2 aromatic carbocycles. The molecule has 1 unspecified atom stereocenters. The molecule has 1 fully saturated rings. The molecular weight excluding hydrogens is 424 g/mol. The number of rotatable bonds is 4. The average Bonchev–Trinajstić information content (AvgIpc) is 3.28. The van der Waals surface area contributed by atoms with Gasteiger partial charge in [0.2, 0.25) is 5.91 Å². The SMILES string of the molecule is CNC(=O)C1CN(CC(=O)N2CCC(c3nc4ccccc4s3)CC2)c2ccccc2O1. The van der Waals surface area contributed by atoms with Crippen LogP contribution in [0.4, 0.5) is 5.69 Å². The fourth-order valence-corrected chi connectivity index (χ4v) is 5.59. The first kappa shape index (κ1) is 20.8. The van der Waals surface area contributed by atoms with E-state index >= 15 is 0 Å². The Labute approximate surface area is 191 Å². The number of nitrogens with zero attached hydrogens (tertiary/aromatic N) is 3. The van der Waals surface area contributed by atoms with E-state index in [1.807, 2.05) is 46.2 Å². The summed E-state index contributed by atoms with van der Waals surface area (Å²) in [4.78, 5) is 34.0. The number of aromatic nitrogens is 1. The lowest BCUT2D eigenvalue weighted by atomic mass is 9.97. The smallest absolute Gasteiger partial charge is 0.262 e. The zero-order chi connectivity index (χ0) is 22.1. The number of hydrogen-bond donors (Lipinski definition) is 1. The first-order chi connectivity index (χ1) is 15.6. The van der Waals surface area contributed by atoms with Gasteiger partial charge in [-0.3, -0.25) is 9.59 Å². The van der Waals surface area contributed by atoms with E-state index in [1.165, 1.54) is 9.71 Å². The van der Waals surface area contributed by atoms with Crippen molar-refractivity contribution in [3.8, 4) is 5.75 Å². The number of ether oxygens (including phenoxy) is 1. The van der Waals surface area contributed by atoms with Crippen molar-refractivity contribution in [2.45, 2.75) is 24.9 Å². The number of carbonyl (C=O) groups excluding carboxylic acids is 2. The quantitative estimate of drug-likeness (QED) is 0.661. The Morgan fingerprint density at radius 2 is 1.88 bits per heavy atom. The van der Waals surface area contributed by atoms with Crippen molar-refractivity contribution in [3.05, 3.63) is 53.5 Å². The van der Waals surface area contributed by atoms with Gasteiger partial charge in [0.1, 0.15) is 5.75 Å². The maximum absolute atomic E-state index is 13.1. The summed E-state index contributed by atoms with van der Waals surface area (Å²) in [7, 11) is 1.59. The van der Waals surface area contributed by atoms with E-state index in [9.17, 15) is 9.59 Å². The Kier molecular flexibility index (Phi) is 5.70. The normalized spacial score (nSPS) is 18.8. The molecule has 1 N–H and O–H groups in total. The fraction of sp³-hybridized carbons (Fsp3) is 0.375. The van der Waals surface area contributed by atoms with E-state index in [1.54, 1.807) is 18.4 Å². The maximum atomic E-state index is 13.1. The van der Waals surface area contributed by atoms with Crippen LogP contribution in [0.1, 0.15) is 23.8 Å². The number of amides is 2. The Hall–Kier alpha value is -3.13. The van der Waals surface area contributed by atoms with E-state index in [0.717, 1.165) is 37.1 Å². The number of carbonyl (C=O) groups is 2. The maximum Gasteiger partial charge on any atom is 0.262 e. The van der Waals surface area contributed by atoms with Gasteiger partial charge in [-0.05, 0) is 37.1 Å². The van der Waals surface area contributed by atoms with Gasteiger partial charge >= 0.3 is 0 Å². The Morgan fingerprint density at radius 3 is 2.66 bits per heavy atom. The monoisotopic (exact) mass is 450 g/mol. The van der Waals surface area contributed by atoms with Crippen LogP contribution in [0.3, 0.4) is 0 Å². The zero-order valence-electron chi connectivity index (χ0n) is 18.0. The van der Waals surface area contributed by atoms with Crippen LogP contribution < -0.4 is 15.0 Å². The molecular formula is C24H26N4O3S. The lowest BCUT2D eigenvalue weighted by molar-refractivity contribution is -0.131. The fourth-order valence-electron chi connectivity index (χ4n) is 4.46. The number of likely N-dealkylation sites (N-methyl/N-ethyl adjacent to an activating group) is 1. The Balaban J connectivity index is 1.24. The summed E-state index contributed by atoms with van der Waals surface area (Å²) >= 11 is 1.76. The Bertz CT molecular complexity index is 1110. The standard InChI is InChI=1S/C24H26N4O3S/c1-25-23(30)20-14-28(18-7-3-4-8-19(18)31-20)15-22(29)27-12-10-16(11-13-27)24-26-17-6-2-5-9-21(17)32-24/h2-9,16,20H,10-15H2,1H3,(H,25,30). The molecule has 3 heterocycles. The molecule has 2 amide bonds. The van der Waals surface area contributed by atoms with E-state index < -0.39 is 6.10 Å². The van der Waals surface area contributed by atoms with E-state index in [0.29, 0.717) is 18.2 Å². The molecule has 0 spiro atoms. The molecule has 0 bridgehead atoms. The highest BCUT2D eigenvalue weighted by Gasteiger charge is 2.33. The van der Waals surface area contributed by atoms with Gasteiger partial charge in [0, 0.05) is 26.1 Å². The number of benzene rings is 2. The summed E-state index contributed by atoms with van der Waals surface area (Å²) in [6.07, 6.45) is 1.21. The van der Waals surface area contributed by atoms with Crippen molar-refractivity contribution in [1.29, 1.82) is 0 Å². The number of thiazole rings is 1. The van der Waals surface area contributed by atoms with E-state index in [2.05, 4.69) is 17.4 Å². The molecule has 2 aliphatic rings. The van der Waals surface area contributed by atoms with Gasteiger partial charge in [0.05, 0.1) is 34.0 Å². The van der Waals surface area contributed by atoms with Crippen LogP contribution in [0.5, 0.6) is 5.75 Å². The average molecular weight is 451 g/mol. The highest BCUT2D eigenvalue weighted by Crippen LogP contribution is 2.35. The van der Waals surface area contributed by atoms with Crippen molar-refractivity contribution < 1.29 is 14.3 Å². The topological polar surface area (TPSA) is 74.8 Å². The molecule has 1 saturated heterocycles. The molecule has 0 radical (unpaired) electrons. The molecule has 1 atom stereocenters. The van der Waals surface area contributed by atoms with Gasteiger partial charge in [-0.15, -0.1) is 11.3 Å². The molecule has 0 saturated carbocycles. The summed E-state index contributed by atoms with van der Waals surface area (Å²) in [6.45, 7) is 2.04. The number of piperidine rings is 1. The highest BCUT2D eigenvalue weighted by molar-refractivity contribution is 7.18. The molecule has 0 aliphatic carbocycles. The van der Waals surface area contributed by atoms with Crippen LogP contribution in [-0.4, -0.2) is 61.0 Å². The van der Waals surface area contributed by atoms with Gasteiger partial charge in [-0.25, -0.2) is 4.98 Å². The van der Waals surface area contributed by atoms with E-state index in [-0.39, 0.29) is 18.4 Å². The predicted molar refractivity (Wildman–Crippen MR) is 125 cm³/mol. The van der Waals surface area contributed by atoms with Crippen LogP contribution in [0.15, 0.2) is 48.5 Å². The molecule has 1 aromatic heterocycles. The minimum Gasteiger partial charge on any atom is -0.477 e.